The van der Waals surface area contributed by atoms with Gasteiger partial charge < -0.3 is 20.9 Å². The minimum Gasteiger partial charge on any atom is -0.356 e. The molecule has 3 heterocycles. The number of nitrogens with zero attached hydrogens (tertiary/aromatic N) is 2. The highest BCUT2D eigenvalue weighted by Crippen LogP contribution is 2.49. The maximum Gasteiger partial charge on any atom is 0.471 e. The summed E-state index contributed by atoms with van der Waals surface area (Å²) >= 11 is 0. The number of fused-ring (bicyclic) bond motifs is 3. The number of nitriles is 1. The molecule has 4 rings (SSSR count). The van der Waals surface area contributed by atoms with Gasteiger partial charge in [0.15, 0.2) is 0 Å². The van der Waals surface area contributed by atoms with E-state index in [4.69, 9.17) is 0 Å². The molecule has 0 radical (unpaired) electrons. The lowest BCUT2D eigenvalue weighted by Gasteiger charge is -2.54. The summed E-state index contributed by atoms with van der Waals surface area (Å²) in [4.78, 5) is 51.5. The smallest absolute Gasteiger partial charge is 0.356 e. The van der Waals surface area contributed by atoms with Gasteiger partial charge in [0.1, 0.15) is 18.1 Å². The standard InChI is InChI=1S/C24H32F5N5O4/c1-12(2)8-17(33-22(38)24(27,28)29)21(37)34-15-5-6-16(23(25,26)10-15)18(34)20(36)32-14(11-30)9-13-4-3-7-31-19(13)35/h12-18H,3-10H2,1-2H3,(H,31,35)(H,32,36)(H,33,38)/t13-,14-,15-,16-,17+,18-/m1/s1. The predicted molar refractivity (Wildman–Crippen MR) is 122 cm³/mol. The van der Waals surface area contributed by atoms with Crippen LogP contribution in [0.1, 0.15) is 58.8 Å². The Morgan fingerprint density at radius 2 is 1.87 bits per heavy atom. The molecule has 6 atom stereocenters. The molecule has 0 aromatic carbocycles. The fourth-order valence-electron chi connectivity index (χ4n) is 5.68. The third-order valence-electron chi connectivity index (χ3n) is 7.42. The van der Waals surface area contributed by atoms with Gasteiger partial charge in [0, 0.05) is 24.9 Å². The monoisotopic (exact) mass is 549 g/mol. The second kappa shape index (κ2) is 11.4. The van der Waals surface area contributed by atoms with Gasteiger partial charge in [0.25, 0.3) is 5.92 Å². The third-order valence-corrected chi connectivity index (χ3v) is 7.42. The van der Waals surface area contributed by atoms with Gasteiger partial charge >= 0.3 is 12.1 Å². The Kier molecular flexibility index (Phi) is 8.88. The first-order chi connectivity index (χ1) is 17.7. The molecule has 14 heteroatoms. The maximum atomic E-state index is 14.9. The fourth-order valence-corrected chi connectivity index (χ4v) is 5.68. The normalized spacial score (nSPS) is 28.2. The van der Waals surface area contributed by atoms with E-state index in [2.05, 4.69) is 10.6 Å². The predicted octanol–water partition coefficient (Wildman–Crippen LogP) is 2.02. The number of carbonyl (C=O) groups excluding carboxylic acids is 4. The molecule has 3 N–H and O–H groups in total. The van der Waals surface area contributed by atoms with Crippen LogP contribution in [0.5, 0.6) is 0 Å². The number of alkyl halides is 5. The zero-order chi connectivity index (χ0) is 28.4. The number of carbonyl (C=O) groups is 4. The second-order valence-electron chi connectivity index (χ2n) is 10.7. The highest BCUT2D eigenvalue weighted by atomic mass is 19.4. The molecule has 4 aliphatic rings. The van der Waals surface area contributed by atoms with Crippen molar-refractivity contribution in [1.29, 1.82) is 5.26 Å². The van der Waals surface area contributed by atoms with E-state index in [0.29, 0.717) is 19.4 Å². The Morgan fingerprint density at radius 1 is 1.18 bits per heavy atom. The lowest BCUT2D eigenvalue weighted by molar-refractivity contribution is -0.196. The zero-order valence-corrected chi connectivity index (χ0v) is 21.1. The Bertz CT molecular complexity index is 982. The molecule has 2 bridgehead atoms. The van der Waals surface area contributed by atoms with Crippen LogP contribution in [0.25, 0.3) is 0 Å². The second-order valence-corrected chi connectivity index (χ2v) is 10.7. The van der Waals surface area contributed by atoms with Crippen molar-refractivity contribution >= 4 is 23.6 Å². The summed E-state index contributed by atoms with van der Waals surface area (Å²) in [5.74, 6) is -10.6. The van der Waals surface area contributed by atoms with Crippen LogP contribution in [0.15, 0.2) is 0 Å². The topological polar surface area (TPSA) is 131 Å². The van der Waals surface area contributed by atoms with Crippen molar-refractivity contribution in [3.05, 3.63) is 0 Å². The molecule has 4 fully saturated rings. The first-order valence-corrected chi connectivity index (χ1v) is 12.7. The van der Waals surface area contributed by atoms with Crippen LogP contribution in [0.3, 0.4) is 0 Å². The molecular weight excluding hydrogens is 517 g/mol. The number of hydrogen-bond acceptors (Lipinski definition) is 5. The summed E-state index contributed by atoms with van der Waals surface area (Å²) in [5.41, 5.74) is 0. The first kappa shape index (κ1) is 29.6. The minimum absolute atomic E-state index is 0.0587. The number of amides is 4. The summed E-state index contributed by atoms with van der Waals surface area (Å²) in [6.07, 6.45) is -5.15. The molecule has 4 amide bonds. The minimum atomic E-state index is -5.27. The van der Waals surface area contributed by atoms with Crippen LogP contribution in [-0.4, -0.2) is 71.3 Å². The van der Waals surface area contributed by atoms with E-state index in [1.54, 1.807) is 19.2 Å². The van der Waals surface area contributed by atoms with E-state index < -0.39 is 72.2 Å². The van der Waals surface area contributed by atoms with E-state index in [1.165, 1.54) is 0 Å². The van der Waals surface area contributed by atoms with Gasteiger partial charge in [-0.25, -0.2) is 8.78 Å². The molecule has 38 heavy (non-hydrogen) atoms. The van der Waals surface area contributed by atoms with Gasteiger partial charge in [-0.05, 0) is 44.4 Å². The number of nitrogens with one attached hydrogen (secondary N) is 3. The van der Waals surface area contributed by atoms with Crippen LogP contribution < -0.4 is 16.0 Å². The summed E-state index contributed by atoms with van der Waals surface area (Å²) in [5, 5.41) is 16.3. The summed E-state index contributed by atoms with van der Waals surface area (Å²) < 4.78 is 68.7. The van der Waals surface area contributed by atoms with Crippen molar-refractivity contribution in [2.45, 2.75) is 95.1 Å². The van der Waals surface area contributed by atoms with Crippen LogP contribution in [0.2, 0.25) is 0 Å². The lowest BCUT2D eigenvalue weighted by Crippen LogP contribution is -2.71. The van der Waals surface area contributed by atoms with E-state index in [9.17, 15) is 46.4 Å². The molecular formula is C24H32F5N5O4. The summed E-state index contributed by atoms with van der Waals surface area (Å²) in [6.45, 7) is 3.71. The summed E-state index contributed by atoms with van der Waals surface area (Å²) in [7, 11) is 0. The van der Waals surface area contributed by atoms with Crippen LogP contribution in [0, 0.1) is 29.1 Å². The number of hydrogen-bond donors (Lipinski definition) is 3. The highest BCUT2D eigenvalue weighted by molar-refractivity contribution is 5.94. The van der Waals surface area contributed by atoms with Crippen molar-refractivity contribution in [3.63, 3.8) is 0 Å². The van der Waals surface area contributed by atoms with E-state index in [0.717, 1.165) is 4.90 Å². The number of halogens is 5. The number of rotatable bonds is 8. The molecule has 1 aliphatic carbocycles. The average molecular weight is 550 g/mol. The number of piperidine rings is 3. The van der Waals surface area contributed by atoms with Crippen molar-refractivity contribution in [2.24, 2.45) is 17.8 Å². The Labute approximate surface area is 216 Å². The Hall–Kier alpha value is -2.98. The van der Waals surface area contributed by atoms with Crippen molar-refractivity contribution < 1.29 is 41.1 Å². The lowest BCUT2D eigenvalue weighted by atomic mass is 9.71. The van der Waals surface area contributed by atoms with Crippen LogP contribution in [-0.2, 0) is 19.2 Å². The quantitative estimate of drug-likeness (QED) is 0.399. The van der Waals surface area contributed by atoms with Gasteiger partial charge in [0.2, 0.25) is 17.7 Å². The van der Waals surface area contributed by atoms with Gasteiger partial charge in [-0.3, -0.25) is 19.2 Å². The first-order valence-electron chi connectivity index (χ1n) is 12.7. The molecule has 9 nitrogen and oxygen atoms in total. The molecule has 1 saturated carbocycles. The van der Waals surface area contributed by atoms with Crippen molar-refractivity contribution in [3.8, 4) is 6.07 Å². The van der Waals surface area contributed by atoms with Gasteiger partial charge in [-0.1, -0.05) is 13.8 Å². The SMILES string of the molecule is CC(C)C[C@H](NC(=O)C(F)(F)F)C(=O)N1[C@@H]2CC[C@H]([C@@H]1C(=O)N[C@@H](C#N)C[C@H]1CCCNC1=O)C(F)(F)C2. The molecule has 3 aliphatic heterocycles. The average Bonchev–Trinajstić information content (AvgIpc) is 2.82. The fraction of sp³-hybridized carbons (Fsp3) is 0.792. The Morgan fingerprint density at radius 3 is 2.42 bits per heavy atom. The Balaban J connectivity index is 1.87. The molecule has 0 unspecified atom stereocenters. The van der Waals surface area contributed by atoms with Gasteiger partial charge in [-0.15, -0.1) is 0 Å². The molecule has 3 saturated heterocycles. The summed E-state index contributed by atoms with van der Waals surface area (Å²) in [6, 6.07) is -3.93. The molecule has 0 aromatic heterocycles. The van der Waals surface area contributed by atoms with E-state index in [1.807, 2.05) is 6.07 Å². The molecule has 0 spiro atoms. The van der Waals surface area contributed by atoms with Crippen LogP contribution >= 0.6 is 0 Å². The van der Waals surface area contributed by atoms with E-state index in [-0.39, 0.29) is 37.5 Å². The maximum absolute atomic E-state index is 14.9. The largest absolute Gasteiger partial charge is 0.471 e. The van der Waals surface area contributed by atoms with Crippen molar-refractivity contribution in [2.75, 3.05) is 6.54 Å². The van der Waals surface area contributed by atoms with Crippen LogP contribution in [0.4, 0.5) is 22.0 Å². The van der Waals surface area contributed by atoms with Gasteiger partial charge in [-0.2, -0.15) is 18.4 Å². The zero-order valence-electron chi connectivity index (χ0n) is 21.1. The molecule has 0 aromatic rings. The molecule has 212 valence electrons. The van der Waals surface area contributed by atoms with Gasteiger partial charge in [0.05, 0.1) is 12.0 Å². The van der Waals surface area contributed by atoms with Crippen molar-refractivity contribution in [1.82, 2.24) is 20.9 Å². The third kappa shape index (κ3) is 6.53. The van der Waals surface area contributed by atoms with E-state index >= 15 is 0 Å². The highest BCUT2D eigenvalue weighted by Gasteiger charge is 2.61.